The van der Waals surface area contributed by atoms with Gasteiger partial charge in [-0.15, -0.1) is 0 Å². The van der Waals surface area contributed by atoms with Crippen molar-refractivity contribution in [1.29, 1.82) is 0 Å². The van der Waals surface area contributed by atoms with Gasteiger partial charge in [-0.25, -0.2) is 0 Å². The molecule has 0 aromatic rings. The van der Waals surface area contributed by atoms with E-state index >= 15 is 0 Å². The number of fused-ring (bicyclic) bond motifs is 4. The molecule has 4 bridgehead atoms. The third kappa shape index (κ3) is 3.35. The summed E-state index contributed by atoms with van der Waals surface area (Å²) in [4.78, 5) is 13.4. The summed E-state index contributed by atoms with van der Waals surface area (Å²) in [5, 5.41) is 0. The fraction of sp³-hybridized carbons (Fsp3) is 0.962. The van der Waals surface area contributed by atoms with Gasteiger partial charge in [-0.05, 0) is 92.3 Å². The Kier molecular flexibility index (Phi) is 4.80. The molecule has 0 radical (unpaired) electrons. The zero-order chi connectivity index (χ0) is 20.6. The van der Waals surface area contributed by atoms with Crippen LogP contribution in [0.3, 0.4) is 0 Å². The van der Waals surface area contributed by atoms with Gasteiger partial charge in [0.2, 0.25) is 0 Å². The lowest BCUT2D eigenvalue weighted by Crippen LogP contribution is -2.46. The molecule has 8 atom stereocenters. The second-order valence-corrected chi connectivity index (χ2v) is 13.6. The molecule has 4 aliphatic carbocycles. The Morgan fingerprint density at radius 3 is 1.89 bits per heavy atom. The predicted octanol–water partition coefficient (Wildman–Crippen LogP) is 6.73. The molecule has 2 nitrogen and oxygen atoms in total. The average Bonchev–Trinajstić information content (AvgIpc) is 3.30. The SMILES string of the molecule is CC(C)(C)C1C2CC(C(=O)OC(C)(C)C3CC4CCC3C4)C(C2)C1C(C)(C)C. The molecule has 4 rings (SSSR count). The van der Waals surface area contributed by atoms with Crippen LogP contribution in [0, 0.1) is 58.2 Å². The lowest BCUT2D eigenvalue weighted by atomic mass is 9.57. The highest BCUT2D eigenvalue weighted by Crippen LogP contribution is 2.65. The summed E-state index contributed by atoms with van der Waals surface area (Å²) in [6.45, 7) is 18.8. The van der Waals surface area contributed by atoms with Crippen LogP contribution in [0.2, 0.25) is 0 Å². The molecule has 0 saturated heterocycles. The second kappa shape index (κ2) is 6.48. The number of ether oxygens (including phenoxy) is 1. The minimum absolute atomic E-state index is 0.127. The van der Waals surface area contributed by atoms with E-state index in [-0.39, 0.29) is 22.9 Å². The zero-order valence-electron chi connectivity index (χ0n) is 19.7. The topological polar surface area (TPSA) is 26.3 Å². The number of rotatable bonds is 3. The van der Waals surface area contributed by atoms with E-state index in [1.807, 2.05) is 0 Å². The van der Waals surface area contributed by atoms with Gasteiger partial charge in [0.15, 0.2) is 0 Å². The van der Waals surface area contributed by atoms with Crippen LogP contribution in [0.25, 0.3) is 0 Å². The Balaban J connectivity index is 1.49. The maximum absolute atomic E-state index is 13.4. The highest BCUT2D eigenvalue weighted by molar-refractivity contribution is 5.74. The monoisotopic (exact) mass is 388 g/mol. The van der Waals surface area contributed by atoms with E-state index in [1.54, 1.807) is 0 Å². The van der Waals surface area contributed by atoms with Crippen molar-refractivity contribution in [3.05, 3.63) is 0 Å². The molecule has 0 amide bonds. The molecular formula is C26H44O2. The van der Waals surface area contributed by atoms with E-state index < -0.39 is 0 Å². The molecule has 0 heterocycles. The molecule has 4 saturated carbocycles. The van der Waals surface area contributed by atoms with Crippen molar-refractivity contribution in [3.63, 3.8) is 0 Å². The van der Waals surface area contributed by atoms with E-state index in [0.717, 1.165) is 24.2 Å². The van der Waals surface area contributed by atoms with Gasteiger partial charge in [-0.3, -0.25) is 4.79 Å². The Bertz CT molecular complexity index is 619. The number of hydrogen-bond acceptors (Lipinski definition) is 2. The maximum atomic E-state index is 13.4. The van der Waals surface area contributed by atoms with E-state index in [9.17, 15) is 4.79 Å². The zero-order valence-corrected chi connectivity index (χ0v) is 19.7. The summed E-state index contributed by atoms with van der Waals surface area (Å²) < 4.78 is 6.35. The first-order valence-electron chi connectivity index (χ1n) is 12.0. The Hall–Kier alpha value is -0.530. The lowest BCUT2D eigenvalue weighted by Gasteiger charge is -2.48. The van der Waals surface area contributed by atoms with E-state index in [1.165, 1.54) is 32.1 Å². The van der Waals surface area contributed by atoms with Gasteiger partial charge in [0.25, 0.3) is 0 Å². The van der Waals surface area contributed by atoms with Gasteiger partial charge < -0.3 is 4.74 Å². The molecule has 2 heteroatoms. The molecular weight excluding hydrogens is 344 g/mol. The summed E-state index contributed by atoms with van der Waals surface area (Å²) in [6.07, 6.45) is 7.70. The summed E-state index contributed by atoms with van der Waals surface area (Å²) in [7, 11) is 0. The van der Waals surface area contributed by atoms with Gasteiger partial charge in [-0.1, -0.05) is 48.0 Å². The molecule has 4 fully saturated rings. The van der Waals surface area contributed by atoms with Crippen molar-refractivity contribution in [2.75, 3.05) is 0 Å². The van der Waals surface area contributed by atoms with Crippen LogP contribution in [-0.2, 0) is 9.53 Å². The third-order valence-electron chi connectivity index (χ3n) is 9.30. The van der Waals surface area contributed by atoms with Gasteiger partial charge in [0, 0.05) is 5.92 Å². The minimum atomic E-state index is -0.292. The Labute approximate surface area is 173 Å². The van der Waals surface area contributed by atoms with Crippen molar-refractivity contribution < 1.29 is 9.53 Å². The lowest BCUT2D eigenvalue weighted by molar-refractivity contribution is -0.173. The van der Waals surface area contributed by atoms with Crippen LogP contribution in [0.1, 0.15) is 93.9 Å². The van der Waals surface area contributed by atoms with Gasteiger partial charge in [-0.2, -0.15) is 0 Å². The third-order valence-corrected chi connectivity index (χ3v) is 9.30. The van der Waals surface area contributed by atoms with Crippen LogP contribution in [0.5, 0.6) is 0 Å². The molecule has 160 valence electrons. The number of carbonyl (C=O) groups excluding carboxylic acids is 1. The quantitative estimate of drug-likeness (QED) is 0.501. The molecule has 28 heavy (non-hydrogen) atoms. The first-order chi connectivity index (χ1) is 12.8. The normalized spacial score (nSPS) is 43.0. The van der Waals surface area contributed by atoms with Crippen LogP contribution >= 0.6 is 0 Å². The second-order valence-electron chi connectivity index (χ2n) is 13.6. The van der Waals surface area contributed by atoms with Crippen LogP contribution in [0.4, 0.5) is 0 Å². The molecule has 0 aliphatic heterocycles. The summed E-state index contributed by atoms with van der Waals surface area (Å²) in [5.41, 5.74) is 0.268. The van der Waals surface area contributed by atoms with Crippen molar-refractivity contribution in [2.24, 2.45) is 58.2 Å². The highest BCUT2D eigenvalue weighted by atomic mass is 16.6. The summed E-state index contributed by atoms with van der Waals surface area (Å²) in [5.74, 6) is 5.07. The van der Waals surface area contributed by atoms with Gasteiger partial charge in [0.05, 0.1) is 5.92 Å². The van der Waals surface area contributed by atoms with E-state index in [0.29, 0.717) is 29.1 Å². The highest BCUT2D eigenvalue weighted by Gasteiger charge is 2.61. The fourth-order valence-electron chi connectivity index (χ4n) is 8.57. The molecule has 8 unspecified atom stereocenters. The predicted molar refractivity (Wildman–Crippen MR) is 115 cm³/mol. The minimum Gasteiger partial charge on any atom is -0.459 e. The van der Waals surface area contributed by atoms with E-state index in [2.05, 4.69) is 55.4 Å². The molecule has 0 N–H and O–H groups in total. The van der Waals surface area contributed by atoms with Crippen molar-refractivity contribution in [2.45, 2.75) is 99.5 Å². The Morgan fingerprint density at radius 1 is 0.750 bits per heavy atom. The van der Waals surface area contributed by atoms with Crippen LogP contribution < -0.4 is 0 Å². The molecule has 4 aliphatic rings. The van der Waals surface area contributed by atoms with Crippen molar-refractivity contribution in [3.8, 4) is 0 Å². The standard InChI is InChI=1S/C26H44O2/c1-24(2,3)21-17-13-18(22(21)25(4,5)6)19(14-17)23(27)28-26(7,8)20-12-15-9-10-16(20)11-15/h15-22H,9-14H2,1-8H3. The average molecular weight is 389 g/mol. The van der Waals surface area contributed by atoms with Crippen LogP contribution in [-0.4, -0.2) is 11.6 Å². The van der Waals surface area contributed by atoms with Crippen molar-refractivity contribution >= 4 is 5.97 Å². The number of hydrogen-bond donors (Lipinski definition) is 0. The number of carbonyl (C=O) groups is 1. The van der Waals surface area contributed by atoms with Gasteiger partial charge in [0.1, 0.15) is 5.60 Å². The number of esters is 1. The fourth-order valence-corrected chi connectivity index (χ4v) is 8.57. The molecule has 0 aromatic carbocycles. The molecule has 0 aromatic heterocycles. The van der Waals surface area contributed by atoms with Crippen molar-refractivity contribution in [1.82, 2.24) is 0 Å². The largest absolute Gasteiger partial charge is 0.459 e. The summed E-state index contributed by atoms with van der Waals surface area (Å²) >= 11 is 0. The first kappa shape index (κ1) is 20.7. The maximum Gasteiger partial charge on any atom is 0.309 e. The van der Waals surface area contributed by atoms with E-state index in [4.69, 9.17) is 4.74 Å². The Morgan fingerprint density at radius 2 is 1.39 bits per heavy atom. The van der Waals surface area contributed by atoms with Gasteiger partial charge >= 0.3 is 5.97 Å². The van der Waals surface area contributed by atoms with Crippen LogP contribution in [0.15, 0.2) is 0 Å². The summed E-state index contributed by atoms with van der Waals surface area (Å²) in [6, 6.07) is 0. The molecule has 0 spiro atoms. The first-order valence-corrected chi connectivity index (χ1v) is 12.0. The smallest absolute Gasteiger partial charge is 0.309 e.